The Bertz CT molecular complexity index is 1270. The van der Waals surface area contributed by atoms with E-state index in [4.69, 9.17) is 4.74 Å². The van der Waals surface area contributed by atoms with Gasteiger partial charge in [0.2, 0.25) is 17.6 Å². The van der Waals surface area contributed by atoms with Gasteiger partial charge in [-0.3, -0.25) is 28.8 Å². The highest BCUT2D eigenvalue weighted by atomic mass is 16.5. The Hall–Kier alpha value is -3.98. The molecule has 1 heterocycles. The number of morpholine rings is 1. The van der Waals surface area contributed by atoms with E-state index in [0.717, 1.165) is 5.56 Å². The van der Waals surface area contributed by atoms with Gasteiger partial charge in [-0.15, -0.1) is 0 Å². The van der Waals surface area contributed by atoms with Crippen molar-refractivity contribution in [2.75, 3.05) is 26.3 Å². The minimum Gasteiger partial charge on any atom is -0.378 e. The number of carbonyl (C=O) groups is 6. The fourth-order valence-electron chi connectivity index (χ4n) is 5.08. The van der Waals surface area contributed by atoms with E-state index in [1.54, 1.807) is 49.9 Å². The molecule has 2 aromatic rings. The number of hydrogen-bond acceptors (Lipinski definition) is 7. The molecule has 0 aromatic heterocycles. The van der Waals surface area contributed by atoms with Crippen LogP contribution >= 0.6 is 0 Å². The fourth-order valence-corrected chi connectivity index (χ4v) is 5.08. The molecular formula is C34H42N2O7. The Kier molecular flexibility index (Phi) is 12.9. The molecule has 0 bridgehead atoms. The molecule has 0 radical (unpaired) electrons. The topological polar surface area (TPSA) is 127 Å². The van der Waals surface area contributed by atoms with Gasteiger partial charge in [0.1, 0.15) is 0 Å². The number of nitrogens with one attached hydrogen (secondary N) is 1. The first-order chi connectivity index (χ1) is 20.6. The molecule has 9 heteroatoms. The largest absolute Gasteiger partial charge is 0.378 e. The van der Waals surface area contributed by atoms with Crippen LogP contribution in [0.4, 0.5) is 0 Å². The Morgan fingerprint density at radius 2 is 1.42 bits per heavy atom. The summed E-state index contributed by atoms with van der Waals surface area (Å²) in [4.78, 5) is 79.4. The Balaban J connectivity index is 1.60. The summed E-state index contributed by atoms with van der Waals surface area (Å²) >= 11 is 0. The summed E-state index contributed by atoms with van der Waals surface area (Å²) in [7, 11) is 0. The number of nitrogens with zero attached hydrogens (tertiary/aromatic N) is 1. The molecule has 2 amide bonds. The summed E-state index contributed by atoms with van der Waals surface area (Å²) in [6.07, 6.45) is -0.212. The van der Waals surface area contributed by atoms with Crippen LogP contribution in [0.25, 0.3) is 0 Å². The van der Waals surface area contributed by atoms with Crippen molar-refractivity contribution in [1.29, 1.82) is 0 Å². The predicted octanol–water partition coefficient (Wildman–Crippen LogP) is 3.63. The first-order valence-corrected chi connectivity index (χ1v) is 14.9. The van der Waals surface area contributed by atoms with E-state index in [2.05, 4.69) is 5.32 Å². The van der Waals surface area contributed by atoms with E-state index < -0.39 is 35.4 Å². The first kappa shape index (κ1) is 33.5. The van der Waals surface area contributed by atoms with Gasteiger partial charge < -0.3 is 15.0 Å². The summed E-state index contributed by atoms with van der Waals surface area (Å²) in [5.74, 6) is -4.41. The predicted molar refractivity (Wildman–Crippen MR) is 161 cm³/mol. The number of ether oxygens (including phenoxy) is 1. The number of hydrogen-bond donors (Lipinski definition) is 1. The van der Waals surface area contributed by atoms with Crippen LogP contribution in [0.3, 0.4) is 0 Å². The van der Waals surface area contributed by atoms with E-state index in [-0.39, 0.29) is 49.1 Å². The summed E-state index contributed by atoms with van der Waals surface area (Å²) in [5, 5.41) is 2.75. The molecule has 1 fully saturated rings. The molecule has 3 atom stereocenters. The zero-order chi connectivity index (χ0) is 31.4. The molecule has 1 aliphatic rings. The van der Waals surface area contributed by atoms with Crippen molar-refractivity contribution in [2.45, 2.75) is 58.9 Å². The van der Waals surface area contributed by atoms with Crippen LogP contribution in [0, 0.1) is 17.8 Å². The van der Waals surface area contributed by atoms with Gasteiger partial charge in [0.25, 0.3) is 0 Å². The molecule has 0 spiro atoms. The highest BCUT2D eigenvalue weighted by molar-refractivity contribution is 6.38. The summed E-state index contributed by atoms with van der Waals surface area (Å²) in [6.45, 7) is 6.87. The lowest BCUT2D eigenvalue weighted by Gasteiger charge is -2.26. The minimum atomic E-state index is -0.926. The third-order valence-corrected chi connectivity index (χ3v) is 7.83. The van der Waals surface area contributed by atoms with Crippen molar-refractivity contribution in [2.24, 2.45) is 17.8 Å². The van der Waals surface area contributed by atoms with Gasteiger partial charge in [0.15, 0.2) is 17.3 Å². The van der Waals surface area contributed by atoms with Gasteiger partial charge in [-0.05, 0) is 24.8 Å². The highest BCUT2D eigenvalue weighted by Crippen LogP contribution is 2.21. The van der Waals surface area contributed by atoms with Crippen LogP contribution in [0.1, 0.15) is 62.4 Å². The lowest BCUT2D eigenvalue weighted by atomic mass is 9.83. The van der Waals surface area contributed by atoms with Crippen LogP contribution in [0.2, 0.25) is 0 Å². The van der Waals surface area contributed by atoms with Gasteiger partial charge in [-0.2, -0.15) is 0 Å². The van der Waals surface area contributed by atoms with Crippen LogP contribution in [0.15, 0.2) is 60.7 Å². The van der Waals surface area contributed by atoms with Gasteiger partial charge >= 0.3 is 0 Å². The van der Waals surface area contributed by atoms with E-state index in [1.165, 1.54) is 0 Å². The second-order valence-corrected chi connectivity index (χ2v) is 11.4. The van der Waals surface area contributed by atoms with Gasteiger partial charge in [0.05, 0.1) is 19.3 Å². The lowest BCUT2D eigenvalue weighted by Crippen LogP contribution is -2.44. The maximum Gasteiger partial charge on any atom is 0.224 e. The second kappa shape index (κ2) is 16.6. The highest BCUT2D eigenvalue weighted by Gasteiger charge is 2.33. The van der Waals surface area contributed by atoms with Crippen molar-refractivity contribution in [3.8, 4) is 0 Å². The number of Topliss-reactive ketones (excluding diaryl/α,β-unsaturated/α-hetero) is 4. The summed E-state index contributed by atoms with van der Waals surface area (Å²) in [6, 6.07) is 17.2. The molecule has 1 saturated heterocycles. The molecule has 0 aliphatic carbocycles. The quantitative estimate of drug-likeness (QED) is 0.234. The van der Waals surface area contributed by atoms with Gasteiger partial charge in [-0.25, -0.2) is 0 Å². The van der Waals surface area contributed by atoms with Crippen molar-refractivity contribution in [1.82, 2.24) is 10.2 Å². The molecule has 0 unspecified atom stereocenters. The van der Waals surface area contributed by atoms with Gasteiger partial charge in [0, 0.05) is 56.2 Å². The smallest absolute Gasteiger partial charge is 0.224 e. The van der Waals surface area contributed by atoms with Crippen molar-refractivity contribution in [3.63, 3.8) is 0 Å². The van der Waals surface area contributed by atoms with Crippen LogP contribution in [-0.2, 0) is 35.1 Å². The third kappa shape index (κ3) is 10.4. The van der Waals surface area contributed by atoms with Crippen molar-refractivity contribution < 1.29 is 33.5 Å². The van der Waals surface area contributed by atoms with E-state index >= 15 is 0 Å². The van der Waals surface area contributed by atoms with Crippen LogP contribution < -0.4 is 5.32 Å². The Morgan fingerprint density at radius 1 is 0.814 bits per heavy atom. The SMILES string of the molecule is CC(C)[C@H](CC(=O)[C@H](C)NC(=O)[C@@H](CC(=O)c1ccccc1)Cc1ccccc1)C(=O)C(=O)CCC(=O)N1CCOCC1. The van der Waals surface area contributed by atoms with Gasteiger partial charge in [-0.1, -0.05) is 74.5 Å². The monoisotopic (exact) mass is 590 g/mol. The van der Waals surface area contributed by atoms with Crippen molar-refractivity contribution >= 4 is 34.9 Å². The lowest BCUT2D eigenvalue weighted by molar-refractivity contribution is -0.143. The zero-order valence-electron chi connectivity index (χ0n) is 25.3. The molecule has 0 saturated carbocycles. The Labute approximate surface area is 253 Å². The molecule has 43 heavy (non-hydrogen) atoms. The minimum absolute atomic E-state index is 0.0313. The molecule has 3 rings (SSSR count). The second-order valence-electron chi connectivity index (χ2n) is 11.4. The van der Waals surface area contributed by atoms with E-state index in [9.17, 15) is 28.8 Å². The van der Waals surface area contributed by atoms with E-state index in [1.807, 2.05) is 36.4 Å². The number of ketones is 4. The molecule has 1 aliphatic heterocycles. The van der Waals surface area contributed by atoms with Crippen LogP contribution in [0.5, 0.6) is 0 Å². The number of carbonyl (C=O) groups excluding carboxylic acids is 6. The number of benzene rings is 2. The third-order valence-electron chi connectivity index (χ3n) is 7.83. The molecule has 1 N–H and O–H groups in total. The van der Waals surface area contributed by atoms with Crippen LogP contribution in [-0.4, -0.2) is 72.2 Å². The molecule has 9 nitrogen and oxygen atoms in total. The zero-order valence-corrected chi connectivity index (χ0v) is 25.3. The summed E-state index contributed by atoms with van der Waals surface area (Å²) < 4.78 is 5.24. The maximum absolute atomic E-state index is 13.4. The molecule has 2 aromatic carbocycles. The normalized spacial score (nSPS) is 15.3. The van der Waals surface area contributed by atoms with Crippen molar-refractivity contribution in [3.05, 3.63) is 71.8 Å². The Morgan fingerprint density at radius 3 is 2.02 bits per heavy atom. The number of rotatable bonds is 16. The fraction of sp³-hybridized carbons (Fsp3) is 0.471. The molecular weight excluding hydrogens is 548 g/mol. The molecule has 230 valence electrons. The number of amides is 2. The van der Waals surface area contributed by atoms with E-state index in [0.29, 0.717) is 38.3 Å². The average molecular weight is 591 g/mol. The first-order valence-electron chi connectivity index (χ1n) is 14.9. The summed E-state index contributed by atoms with van der Waals surface area (Å²) in [5.41, 5.74) is 1.39. The maximum atomic E-state index is 13.4. The standard InChI is InChI=1S/C34H42N2O7/c1-23(2)28(33(41)29(37)14-15-32(40)36-16-18-43-19-17-36)22-30(38)24(3)35-34(42)27(20-25-10-6-4-7-11-25)21-31(39)26-12-8-5-9-13-26/h4-13,23-24,27-28H,14-22H2,1-3H3,(H,35,42)/t24-,27+,28-/m0/s1. The average Bonchev–Trinajstić information content (AvgIpc) is 3.02.